The van der Waals surface area contributed by atoms with Crippen molar-refractivity contribution in [3.63, 3.8) is 0 Å². The molecule has 0 aliphatic heterocycles. The van der Waals surface area contributed by atoms with Crippen LogP contribution >= 0.6 is 23.2 Å². The number of benzene rings is 1. The number of hydrogen-bond acceptors (Lipinski definition) is 4. The number of hydrogen-bond donors (Lipinski definition) is 1. The average molecular weight is 424 g/mol. The van der Waals surface area contributed by atoms with Crippen molar-refractivity contribution in [3.05, 3.63) is 39.6 Å². The molecular formula is C22H27Cl2NO3. The first-order chi connectivity index (χ1) is 13.5. The van der Waals surface area contributed by atoms with Crippen LogP contribution in [0.5, 0.6) is 0 Å². The molecule has 4 rings (SSSR count). The third-order valence-corrected chi connectivity index (χ3v) is 6.32. The van der Waals surface area contributed by atoms with E-state index in [1.807, 2.05) is 0 Å². The number of nitrogens with zero attached hydrogens (tertiary/aromatic N) is 1. The molecule has 0 amide bonds. The number of Topliss-reactive ketones (excluding diaryl/α,β-unsaturated/α-hetero) is 1. The van der Waals surface area contributed by atoms with Crippen LogP contribution in [0.1, 0.15) is 69.6 Å². The largest absolute Gasteiger partial charge is 0.391 e. The summed E-state index contributed by atoms with van der Waals surface area (Å²) < 4.78 is 5.35. The first kappa shape index (κ1) is 21.4. The molecule has 152 valence electrons. The molecule has 0 bridgehead atoms. The Hall–Kier alpha value is -1.36. The molecule has 2 aromatic rings. The van der Waals surface area contributed by atoms with Gasteiger partial charge in [0.2, 0.25) is 0 Å². The predicted molar refractivity (Wildman–Crippen MR) is 112 cm³/mol. The van der Waals surface area contributed by atoms with E-state index in [-0.39, 0.29) is 6.61 Å². The molecule has 0 radical (unpaired) electrons. The summed E-state index contributed by atoms with van der Waals surface area (Å²) in [5, 5.41) is 14.6. The van der Waals surface area contributed by atoms with Crippen molar-refractivity contribution in [1.29, 1.82) is 0 Å². The van der Waals surface area contributed by atoms with E-state index in [2.05, 4.69) is 19.0 Å². The van der Waals surface area contributed by atoms with Gasteiger partial charge in [-0.2, -0.15) is 0 Å². The van der Waals surface area contributed by atoms with Crippen LogP contribution in [-0.4, -0.2) is 16.0 Å². The maximum Gasteiger partial charge on any atom is 0.145 e. The highest BCUT2D eigenvalue weighted by molar-refractivity contribution is 6.39. The van der Waals surface area contributed by atoms with Gasteiger partial charge in [0, 0.05) is 28.9 Å². The van der Waals surface area contributed by atoms with Gasteiger partial charge in [-0.3, -0.25) is 4.79 Å². The van der Waals surface area contributed by atoms with Crippen molar-refractivity contribution in [2.75, 3.05) is 0 Å². The smallest absolute Gasteiger partial charge is 0.145 e. The summed E-state index contributed by atoms with van der Waals surface area (Å²) in [4.78, 5) is 11.4. The lowest BCUT2D eigenvalue weighted by atomic mass is 9.80. The molecule has 1 N–H and O–H groups in total. The maximum atomic E-state index is 11.4. The highest BCUT2D eigenvalue weighted by Gasteiger charge is 2.33. The van der Waals surface area contributed by atoms with Gasteiger partial charge in [0.25, 0.3) is 0 Å². The van der Waals surface area contributed by atoms with Crippen LogP contribution in [0.15, 0.2) is 22.7 Å². The second kappa shape index (κ2) is 9.43. The first-order valence-corrected chi connectivity index (χ1v) is 10.8. The molecule has 28 heavy (non-hydrogen) atoms. The van der Waals surface area contributed by atoms with Crippen molar-refractivity contribution >= 4 is 29.0 Å². The van der Waals surface area contributed by atoms with Gasteiger partial charge in [0.05, 0.1) is 16.7 Å². The fourth-order valence-corrected chi connectivity index (χ4v) is 4.40. The Kier molecular flexibility index (Phi) is 7.19. The normalized spacial score (nSPS) is 22.0. The number of aromatic nitrogens is 1. The third kappa shape index (κ3) is 4.61. The number of rotatable bonds is 4. The number of carbonyl (C=O) groups excluding carboxylic acids is 1. The van der Waals surface area contributed by atoms with Crippen LogP contribution in [0.4, 0.5) is 0 Å². The van der Waals surface area contributed by atoms with Gasteiger partial charge in [0.15, 0.2) is 0 Å². The number of ketones is 1. The molecule has 1 heterocycles. The van der Waals surface area contributed by atoms with Gasteiger partial charge < -0.3 is 9.63 Å². The zero-order valence-corrected chi connectivity index (χ0v) is 17.9. The molecule has 4 nitrogen and oxygen atoms in total. The van der Waals surface area contributed by atoms with Gasteiger partial charge in [0.1, 0.15) is 17.2 Å². The zero-order valence-electron chi connectivity index (χ0n) is 16.4. The van der Waals surface area contributed by atoms with Crippen LogP contribution in [-0.2, 0) is 11.4 Å². The second-order valence-corrected chi connectivity index (χ2v) is 8.56. The zero-order chi connectivity index (χ0) is 20.3. The summed E-state index contributed by atoms with van der Waals surface area (Å²) in [7, 11) is 0. The summed E-state index contributed by atoms with van der Waals surface area (Å²) in [6.07, 6.45) is 6.72. The van der Waals surface area contributed by atoms with Crippen molar-refractivity contribution in [2.24, 2.45) is 11.8 Å². The van der Waals surface area contributed by atoms with Gasteiger partial charge in [-0.05, 0) is 44.2 Å². The number of aliphatic hydroxyl groups is 1. The lowest BCUT2D eigenvalue weighted by molar-refractivity contribution is -0.128. The van der Waals surface area contributed by atoms with Gasteiger partial charge >= 0.3 is 0 Å². The maximum absolute atomic E-state index is 11.4. The summed E-state index contributed by atoms with van der Waals surface area (Å²) in [6.45, 7) is 4.05. The fourth-order valence-electron chi connectivity index (χ4n) is 3.82. The van der Waals surface area contributed by atoms with E-state index in [4.69, 9.17) is 27.7 Å². The molecule has 0 spiro atoms. The second-order valence-electron chi connectivity index (χ2n) is 7.74. The fraction of sp³-hybridized carbons (Fsp3) is 0.545. The monoisotopic (exact) mass is 423 g/mol. The Balaban J connectivity index is 0.000000192. The van der Waals surface area contributed by atoms with Crippen molar-refractivity contribution in [1.82, 2.24) is 5.16 Å². The minimum Gasteiger partial charge on any atom is -0.391 e. The molecule has 2 aliphatic rings. The molecular weight excluding hydrogens is 397 g/mol. The van der Waals surface area contributed by atoms with E-state index in [1.165, 1.54) is 6.42 Å². The average Bonchev–Trinajstić information content (AvgIpc) is 3.44. The molecule has 2 fully saturated rings. The molecule has 0 saturated heterocycles. The quantitative estimate of drug-likeness (QED) is 0.615. The predicted octanol–water partition coefficient (Wildman–Crippen LogP) is 6.42. The Morgan fingerprint density at radius 3 is 2.39 bits per heavy atom. The SMILES string of the molecule is CCC1CCCC(C)C1=O.OCc1c(-c2c(Cl)cccc2Cl)noc1C1CC1. The number of carbonyl (C=O) groups is 1. The van der Waals surface area contributed by atoms with Crippen LogP contribution in [0, 0.1) is 11.8 Å². The highest BCUT2D eigenvalue weighted by atomic mass is 35.5. The van der Waals surface area contributed by atoms with Crippen LogP contribution in [0.3, 0.4) is 0 Å². The lowest BCUT2D eigenvalue weighted by Crippen LogP contribution is -2.25. The molecule has 6 heteroatoms. The van der Waals surface area contributed by atoms with E-state index >= 15 is 0 Å². The topological polar surface area (TPSA) is 63.3 Å². The summed E-state index contributed by atoms with van der Waals surface area (Å²) in [6, 6.07) is 5.26. The van der Waals surface area contributed by atoms with E-state index in [9.17, 15) is 9.90 Å². The molecule has 2 unspecified atom stereocenters. The van der Waals surface area contributed by atoms with Crippen molar-refractivity contribution in [2.45, 2.75) is 64.9 Å². The van der Waals surface area contributed by atoms with Crippen molar-refractivity contribution in [3.8, 4) is 11.3 Å². The van der Waals surface area contributed by atoms with Crippen LogP contribution in [0.25, 0.3) is 11.3 Å². The summed E-state index contributed by atoms with van der Waals surface area (Å²) in [5.41, 5.74) is 1.88. The van der Waals surface area contributed by atoms with Crippen LogP contribution in [0.2, 0.25) is 10.0 Å². The Labute approximate surface area is 176 Å². The molecule has 1 aromatic heterocycles. The standard InChI is InChI=1S/C13H11Cl2NO2.C9H16O/c14-9-2-1-3-10(15)11(9)12-8(6-17)13(18-16-12)7-4-5-7;1-3-8-6-4-5-7(2)9(8)10/h1-3,7,17H,4-6H2;7-8H,3-6H2,1-2H3. The molecule has 2 atom stereocenters. The van der Waals surface area contributed by atoms with E-state index < -0.39 is 0 Å². The number of aliphatic hydroxyl groups excluding tert-OH is 1. The third-order valence-electron chi connectivity index (χ3n) is 5.69. The molecule has 2 saturated carbocycles. The lowest BCUT2D eigenvalue weighted by Gasteiger charge is -2.23. The minimum atomic E-state index is -0.119. The van der Waals surface area contributed by atoms with E-state index in [0.29, 0.717) is 50.4 Å². The summed E-state index contributed by atoms with van der Waals surface area (Å²) >= 11 is 12.3. The van der Waals surface area contributed by atoms with E-state index in [1.54, 1.807) is 18.2 Å². The summed E-state index contributed by atoms with van der Waals surface area (Å²) in [5.74, 6) is 2.40. The molecule has 1 aromatic carbocycles. The van der Waals surface area contributed by atoms with Crippen LogP contribution < -0.4 is 0 Å². The minimum absolute atomic E-state index is 0.119. The first-order valence-electron chi connectivity index (χ1n) is 10.0. The Morgan fingerprint density at radius 2 is 1.86 bits per heavy atom. The van der Waals surface area contributed by atoms with Gasteiger partial charge in [-0.25, -0.2) is 0 Å². The highest BCUT2D eigenvalue weighted by Crippen LogP contribution is 2.45. The van der Waals surface area contributed by atoms with Crippen molar-refractivity contribution < 1.29 is 14.4 Å². The Bertz CT molecular complexity index is 809. The number of halogens is 2. The van der Waals surface area contributed by atoms with Gasteiger partial charge in [-0.15, -0.1) is 0 Å². The van der Waals surface area contributed by atoms with Gasteiger partial charge in [-0.1, -0.05) is 54.7 Å². The molecule has 2 aliphatic carbocycles. The van der Waals surface area contributed by atoms with E-state index in [0.717, 1.165) is 37.9 Å². The Morgan fingerprint density at radius 1 is 1.18 bits per heavy atom.